The molecule has 2 aliphatic heterocycles. The number of fused-ring (bicyclic) bond motifs is 1. The van der Waals surface area contributed by atoms with Crippen LogP contribution in [0.15, 0.2) is 35.4 Å². The van der Waals surface area contributed by atoms with Crippen LogP contribution in [0.4, 0.5) is 5.69 Å². The maximum atomic E-state index is 12.3. The lowest BCUT2D eigenvalue weighted by Crippen LogP contribution is -2.41. The summed E-state index contributed by atoms with van der Waals surface area (Å²) in [4.78, 5) is 14.5. The maximum absolute atomic E-state index is 12.3. The fourth-order valence-corrected chi connectivity index (χ4v) is 2.41. The van der Waals surface area contributed by atoms with Crippen molar-refractivity contribution in [1.29, 1.82) is 0 Å². The van der Waals surface area contributed by atoms with Gasteiger partial charge in [0.05, 0.1) is 17.3 Å². The van der Waals surface area contributed by atoms with Crippen LogP contribution in [0, 0.1) is 5.92 Å². The first kappa shape index (κ1) is 13.1. The van der Waals surface area contributed by atoms with Crippen LogP contribution in [0.3, 0.4) is 0 Å². The van der Waals surface area contributed by atoms with Gasteiger partial charge in [0.2, 0.25) is 0 Å². The summed E-state index contributed by atoms with van der Waals surface area (Å²) in [5.74, 6) is 0.0757. The van der Waals surface area contributed by atoms with Crippen molar-refractivity contribution in [3.05, 3.63) is 30.3 Å². The Morgan fingerprint density at radius 2 is 2.00 bits per heavy atom. The van der Waals surface area contributed by atoms with E-state index in [1.165, 1.54) is 0 Å². The maximum Gasteiger partial charge on any atom is 0.257 e. The lowest BCUT2D eigenvalue weighted by atomic mass is 9.96. The minimum Gasteiger partial charge on any atom is -0.305 e. The predicted molar refractivity (Wildman–Crippen MR) is 74.2 cm³/mol. The number of hydrogen-bond donors (Lipinski definition) is 0. The Morgan fingerprint density at radius 3 is 2.72 bits per heavy atom. The molecule has 1 amide bonds. The van der Waals surface area contributed by atoms with Crippen LogP contribution in [-0.4, -0.2) is 36.7 Å². The number of hydrazone groups is 1. The van der Waals surface area contributed by atoms with Crippen molar-refractivity contribution in [2.45, 2.75) is 6.42 Å². The highest BCUT2D eigenvalue weighted by Crippen LogP contribution is 2.27. The van der Waals surface area contributed by atoms with Gasteiger partial charge in [0, 0.05) is 19.5 Å². The summed E-state index contributed by atoms with van der Waals surface area (Å²) in [6.45, 7) is 1.78. The lowest BCUT2D eigenvalue weighted by molar-refractivity contribution is -0.120. The SMILES string of the molecule is CN1CCC2=NN(c3ccccc3)C(=O)C2C1.Cl. The molecule has 3 rings (SSSR count). The molecule has 0 bridgehead atoms. The van der Waals surface area contributed by atoms with Crippen molar-refractivity contribution >= 4 is 29.7 Å². The summed E-state index contributed by atoms with van der Waals surface area (Å²) in [6, 6.07) is 9.64. The van der Waals surface area contributed by atoms with E-state index in [-0.39, 0.29) is 24.2 Å². The van der Waals surface area contributed by atoms with Crippen LogP contribution in [0.2, 0.25) is 0 Å². The Bertz CT molecular complexity index is 474. The summed E-state index contributed by atoms with van der Waals surface area (Å²) in [7, 11) is 2.05. The molecule has 0 saturated carbocycles. The van der Waals surface area contributed by atoms with E-state index in [9.17, 15) is 4.79 Å². The summed E-state index contributed by atoms with van der Waals surface area (Å²) in [5.41, 5.74) is 1.90. The number of piperidine rings is 1. The third kappa shape index (κ3) is 2.13. The van der Waals surface area contributed by atoms with Gasteiger partial charge in [0.25, 0.3) is 5.91 Å². The van der Waals surface area contributed by atoms with Gasteiger partial charge in [-0.2, -0.15) is 5.10 Å². The number of rotatable bonds is 1. The standard InChI is InChI=1S/C13H15N3O.ClH/c1-15-8-7-12-11(9-15)13(17)16(14-12)10-5-3-2-4-6-10;/h2-6,11H,7-9H2,1H3;1H. The first-order valence-electron chi connectivity index (χ1n) is 5.90. The first-order valence-corrected chi connectivity index (χ1v) is 5.90. The second-order valence-electron chi connectivity index (χ2n) is 4.64. The normalized spacial score (nSPS) is 23.4. The molecule has 2 heterocycles. The fraction of sp³-hybridized carbons (Fsp3) is 0.385. The third-order valence-corrected chi connectivity index (χ3v) is 3.38. The topological polar surface area (TPSA) is 35.9 Å². The number of hydrogen-bond acceptors (Lipinski definition) is 3. The van der Waals surface area contributed by atoms with E-state index < -0.39 is 0 Å². The number of likely N-dealkylation sites (tertiary alicyclic amines) is 1. The van der Waals surface area contributed by atoms with E-state index in [2.05, 4.69) is 17.0 Å². The van der Waals surface area contributed by atoms with Crippen molar-refractivity contribution in [2.24, 2.45) is 11.0 Å². The average Bonchev–Trinajstić information content (AvgIpc) is 2.68. The largest absolute Gasteiger partial charge is 0.305 e. The minimum atomic E-state index is -0.0334. The molecule has 0 N–H and O–H groups in total. The molecule has 1 aromatic carbocycles. The summed E-state index contributed by atoms with van der Waals surface area (Å²) >= 11 is 0. The lowest BCUT2D eigenvalue weighted by Gasteiger charge is -2.26. The molecule has 1 fully saturated rings. The van der Waals surface area contributed by atoms with Crippen LogP contribution in [0.1, 0.15) is 6.42 Å². The van der Waals surface area contributed by atoms with Gasteiger partial charge in [-0.3, -0.25) is 4.79 Å². The molecule has 1 saturated heterocycles. The van der Waals surface area contributed by atoms with Crippen LogP contribution in [-0.2, 0) is 4.79 Å². The summed E-state index contributed by atoms with van der Waals surface area (Å²) in [5, 5.41) is 6.02. The highest BCUT2D eigenvalue weighted by Gasteiger charge is 2.39. The average molecular weight is 266 g/mol. The highest BCUT2D eigenvalue weighted by molar-refractivity contribution is 6.16. The number of amides is 1. The molecule has 5 heteroatoms. The van der Waals surface area contributed by atoms with E-state index >= 15 is 0 Å². The Kier molecular flexibility index (Phi) is 3.68. The second-order valence-corrected chi connectivity index (χ2v) is 4.64. The number of benzene rings is 1. The number of halogens is 1. The second kappa shape index (κ2) is 5.08. The minimum absolute atomic E-state index is 0. The molecule has 0 aliphatic carbocycles. The van der Waals surface area contributed by atoms with Gasteiger partial charge in [-0.1, -0.05) is 18.2 Å². The summed E-state index contributed by atoms with van der Waals surface area (Å²) < 4.78 is 0. The molecule has 1 atom stereocenters. The van der Waals surface area contributed by atoms with Crippen molar-refractivity contribution < 1.29 is 4.79 Å². The summed E-state index contributed by atoms with van der Waals surface area (Å²) in [6.07, 6.45) is 0.899. The van der Waals surface area contributed by atoms with Gasteiger partial charge in [-0.05, 0) is 19.2 Å². The van der Waals surface area contributed by atoms with Crippen molar-refractivity contribution in [3.8, 4) is 0 Å². The number of nitrogens with zero attached hydrogens (tertiary/aromatic N) is 3. The zero-order valence-corrected chi connectivity index (χ0v) is 11.1. The molecule has 0 radical (unpaired) electrons. The highest BCUT2D eigenvalue weighted by atomic mass is 35.5. The fourth-order valence-electron chi connectivity index (χ4n) is 2.41. The van der Waals surface area contributed by atoms with Gasteiger partial charge >= 0.3 is 0 Å². The van der Waals surface area contributed by atoms with E-state index in [0.29, 0.717) is 0 Å². The number of carbonyl (C=O) groups is 1. The molecule has 1 unspecified atom stereocenters. The van der Waals surface area contributed by atoms with E-state index in [4.69, 9.17) is 0 Å². The zero-order valence-electron chi connectivity index (χ0n) is 10.2. The monoisotopic (exact) mass is 265 g/mol. The Hall–Kier alpha value is -1.39. The quantitative estimate of drug-likeness (QED) is 0.776. The van der Waals surface area contributed by atoms with Crippen LogP contribution >= 0.6 is 12.4 Å². The van der Waals surface area contributed by atoms with E-state index in [0.717, 1.165) is 30.9 Å². The molecule has 1 aromatic rings. The zero-order chi connectivity index (χ0) is 11.8. The van der Waals surface area contributed by atoms with Crippen LogP contribution in [0.5, 0.6) is 0 Å². The van der Waals surface area contributed by atoms with Crippen molar-refractivity contribution in [3.63, 3.8) is 0 Å². The number of anilines is 1. The predicted octanol–water partition coefficient (Wildman–Crippen LogP) is 1.76. The number of carbonyl (C=O) groups excluding carboxylic acids is 1. The smallest absolute Gasteiger partial charge is 0.257 e. The van der Waals surface area contributed by atoms with Crippen LogP contribution < -0.4 is 5.01 Å². The molecular weight excluding hydrogens is 250 g/mol. The van der Waals surface area contributed by atoms with Crippen molar-refractivity contribution in [2.75, 3.05) is 25.1 Å². The van der Waals surface area contributed by atoms with Gasteiger partial charge in [0.15, 0.2) is 0 Å². The number of para-hydroxylation sites is 1. The molecule has 2 aliphatic rings. The molecule has 0 spiro atoms. The van der Waals surface area contributed by atoms with E-state index in [1.807, 2.05) is 30.3 Å². The van der Waals surface area contributed by atoms with Gasteiger partial charge in [-0.25, -0.2) is 5.01 Å². The van der Waals surface area contributed by atoms with Gasteiger partial charge in [-0.15, -0.1) is 12.4 Å². The van der Waals surface area contributed by atoms with Gasteiger partial charge in [0.1, 0.15) is 0 Å². The Morgan fingerprint density at radius 1 is 1.28 bits per heavy atom. The molecule has 0 aromatic heterocycles. The van der Waals surface area contributed by atoms with Gasteiger partial charge < -0.3 is 4.90 Å². The van der Waals surface area contributed by atoms with Crippen LogP contribution in [0.25, 0.3) is 0 Å². The molecular formula is C13H16ClN3O. The molecule has 96 valence electrons. The Balaban J connectivity index is 0.00000120. The molecule has 4 nitrogen and oxygen atoms in total. The Labute approximate surface area is 113 Å². The first-order chi connectivity index (χ1) is 8.25. The molecule has 18 heavy (non-hydrogen) atoms. The third-order valence-electron chi connectivity index (χ3n) is 3.38. The van der Waals surface area contributed by atoms with E-state index in [1.54, 1.807) is 5.01 Å². The van der Waals surface area contributed by atoms with Crippen molar-refractivity contribution in [1.82, 2.24) is 4.90 Å².